The number of hydrogen-bond donors (Lipinski definition) is 1. The van der Waals surface area contributed by atoms with Crippen LogP contribution in [0.1, 0.15) is 11.1 Å². The van der Waals surface area contributed by atoms with E-state index in [1.165, 1.54) is 16.7 Å². The zero-order valence-electron chi connectivity index (χ0n) is 10.1. The van der Waals surface area contributed by atoms with Gasteiger partial charge in [-0.25, -0.2) is 9.38 Å². The third kappa shape index (κ3) is 1.82. The first-order valence-electron chi connectivity index (χ1n) is 5.80. The Kier molecular flexibility index (Phi) is 2.22. The number of aryl methyl sites for hydroxylation is 2. The van der Waals surface area contributed by atoms with Crippen LogP contribution < -0.4 is 4.40 Å². The van der Waals surface area contributed by atoms with Crippen LogP contribution in [0.25, 0.3) is 16.9 Å². The number of aromatic amines is 1. The molecule has 3 rings (SSSR count). The van der Waals surface area contributed by atoms with Crippen LogP contribution in [0.3, 0.4) is 0 Å². The van der Waals surface area contributed by atoms with E-state index >= 15 is 0 Å². The van der Waals surface area contributed by atoms with Gasteiger partial charge < -0.3 is 0 Å². The van der Waals surface area contributed by atoms with Crippen molar-refractivity contribution in [1.82, 2.24) is 4.98 Å². The molecule has 1 N–H and O–H groups in total. The number of nitrogens with zero attached hydrogens (tertiary/aromatic N) is 1. The Morgan fingerprint density at radius 3 is 2.47 bits per heavy atom. The average molecular weight is 223 g/mol. The van der Waals surface area contributed by atoms with Crippen LogP contribution in [-0.4, -0.2) is 4.98 Å². The van der Waals surface area contributed by atoms with Crippen molar-refractivity contribution in [3.05, 3.63) is 59.9 Å². The summed E-state index contributed by atoms with van der Waals surface area (Å²) in [6.07, 6.45) is 4.21. The molecule has 2 nitrogen and oxygen atoms in total. The Hall–Kier alpha value is -2.09. The van der Waals surface area contributed by atoms with E-state index < -0.39 is 0 Å². The molecule has 0 aliphatic heterocycles. The predicted octanol–water partition coefficient (Wildman–Crippen LogP) is 3.04. The number of fused-ring (bicyclic) bond motifs is 1. The van der Waals surface area contributed by atoms with E-state index in [-0.39, 0.29) is 0 Å². The molecule has 0 unspecified atom stereocenters. The van der Waals surface area contributed by atoms with Crippen molar-refractivity contribution in [1.29, 1.82) is 0 Å². The van der Waals surface area contributed by atoms with Crippen LogP contribution in [0.4, 0.5) is 0 Å². The summed E-state index contributed by atoms with van der Waals surface area (Å²) in [4.78, 5) is 3.44. The van der Waals surface area contributed by atoms with E-state index in [0.29, 0.717) is 0 Å². The molecule has 0 aliphatic rings. The second kappa shape index (κ2) is 3.74. The summed E-state index contributed by atoms with van der Waals surface area (Å²) in [5.74, 6) is 0. The molecule has 0 saturated carbocycles. The summed E-state index contributed by atoms with van der Waals surface area (Å²) in [5, 5.41) is 0. The SMILES string of the molecule is Cc1ccc(-c2c[n+]3ccc(C)cc3[nH]2)cc1. The number of nitrogens with one attached hydrogen (secondary N) is 1. The number of hydrogen-bond acceptors (Lipinski definition) is 0. The third-order valence-electron chi connectivity index (χ3n) is 3.03. The van der Waals surface area contributed by atoms with Crippen LogP contribution in [0.2, 0.25) is 0 Å². The lowest BCUT2D eigenvalue weighted by molar-refractivity contribution is -0.509. The fourth-order valence-corrected chi connectivity index (χ4v) is 2.02. The minimum absolute atomic E-state index is 1.13. The average Bonchev–Trinajstić information content (AvgIpc) is 2.72. The van der Waals surface area contributed by atoms with Gasteiger partial charge in [-0.1, -0.05) is 29.8 Å². The molecule has 0 bridgehead atoms. The van der Waals surface area contributed by atoms with Crippen molar-refractivity contribution in [2.24, 2.45) is 0 Å². The van der Waals surface area contributed by atoms with Gasteiger partial charge in [0.15, 0.2) is 5.69 Å². The van der Waals surface area contributed by atoms with Crippen molar-refractivity contribution < 1.29 is 4.40 Å². The molecule has 84 valence electrons. The largest absolute Gasteiger partial charge is 0.284 e. The van der Waals surface area contributed by atoms with Gasteiger partial charge in [-0.05, 0) is 25.5 Å². The third-order valence-corrected chi connectivity index (χ3v) is 3.03. The van der Waals surface area contributed by atoms with Crippen molar-refractivity contribution in [2.75, 3.05) is 0 Å². The smallest absolute Gasteiger partial charge is 0.237 e. The second-order valence-corrected chi connectivity index (χ2v) is 4.53. The van der Waals surface area contributed by atoms with Crippen LogP contribution in [0, 0.1) is 13.8 Å². The highest BCUT2D eigenvalue weighted by Crippen LogP contribution is 2.17. The van der Waals surface area contributed by atoms with E-state index in [0.717, 1.165) is 11.3 Å². The topological polar surface area (TPSA) is 19.9 Å². The van der Waals surface area contributed by atoms with Gasteiger partial charge in [-0.15, -0.1) is 0 Å². The lowest BCUT2D eigenvalue weighted by Crippen LogP contribution is -2.16. The quantitative estimate of drug-likeness (QED) is 0.612. The molecule has 17 heavy (non-hydrogen) atoms. The van der Waals surface area contributed by atoms with Crippen molar-refractivity contribution in [3.8, 4) is 11.3 Å². The molecule has 0 fully saturated rings. The van der Waals surface area contributed by atoms with E-state index in [4.69, 9.17) is 0 Å². The fraction of sp³-hybridized carbons (Fsp3) is 0.133. The maximum Gasteiger partial charge on any atom is 0.284 e. The van der Waals surface area contributed by atoms with Crippen LogP contribution >= 0.6 is 0 Å². The number of imidazole rings is 1. The maximum absolute atomic E-state index is 3.44. The summed E-state index contributed by atoms with van der Waals surface area (Å²) >= 11 is 0. The van der Waals surface area contributed by atoms with E-state index in [2.05, 4.69) is 72.0 Å². The van der Waals surface area contributed by atoms with E-state index in [1.807, 2.05) is 0 Å². The predicted molar refractivity (Wildman–Crippen MR) is 68.9 cm³/mol. The first-order chi connectivity index (χ1) is 8.22. The van der Waals surface area contributed by atoms with Gasteiger partial charge >= 0.3 is 0 Å². The standard InChI is InChI=1S/C15H14N2/c1-11-3-5-13(6-4-11)14-10-17-8-7-12(2)9-15(17)16-14/h3-10H,1-2H3/p+1. The first kappa shape index (κ1) is 10.1. The highest BCUT2D eigenvalue weighted by Gasteiger charge is 2.09. The highest BCUT2D eigenvalue weighted by atomic mass is 15.0. The van der Waals surface area contributed by atoms with Crippen molar-refractivity contribution >= 4 is 5.65 Å². The summed E-state index contributed by atoms with van der Waals surface area (Å²) in [5.41, 5.74) is 6.05. The normalized spacial score (nSPS) is 10.9. The lowest BCUT2D eigenvalue weighted by Gasteiger charge is -1.93. The van der Waals surface area contributed by atoms with Crippen LogP contribution in [0.15, 0.2) is 48.8 Å². The Labute approximate surface area is 101 Å². The van der Waals surface area contributed by atoms with Crippen molar-refractivity contribution in [3.63, 3.8) is 0 Å². The van der Waals surface area contributed by atoms with Gasteiger partial charge in [-0.3, -0.25) is 0 Å². The summed E-state index contributed by atoms with van der Waals surface area (Å²) in [6.45, 7) is 4.21. The van der Waals surface area contributed by atoms with Crippen LogP contribution in [-0.2, 0) is 0 Å². The molecular weight excluding hydrogens is 208 g/mol. The van der Waals surface area contributed by atoms with Gasteiger partial charge in [0.05, 0.1) is 6.20 Å². The molecule has 2 heterocycles. The fourth-order valence-electron chi connectivity index (χ4n) is 2.02. The number of aromatic nitrogens is 2. The monoisotopic (exact) mass is 223 g/mol. The van der Waals surface area contributed by atoms with Gasteiger partial charge in [-0.2, -0.15) is 0 Å². The second-order valence-electron chi connectivity index (χ2n) is 4.53. The maximum atomic E-state index is 3.44. The van der Waals surface area contributed by atoms with E-state index in [9.17, 15) is 0 Å². The zero-order chi connectivity index (χ0) is 11.8. The van der Waals surface area contributed by atoms with Gasteiger partial charge in [0.1, 0.15) is 6.20 Å². The molecule has 0 atom stereocenters. The van der Waals surface area contributed by atoms with E-state index in [1.54, 1.807) is 0 Å². The Bertz CT molecular complexity index is 663. The zero-order valence-corrected chi connectivity index (χ0v) is 10.1. The number of pyridine rings is 1. The summed E-state index contributed by atoms with van der Waals surface area (Å²) in [6, 6.07) is 12.8. The molecule has 1 aromatic carbocycles. The molecule has 2 aromatic heterocycles. The number of rotatable bonds is 1. The molecule has 0 saturated heterocycles. The molecule has 0 amide bonds. The molecular formula is C15H15N2+. The number of benzene rings is 1. The first-order valence-corrected chi connectivity index (χ1v) is 5.80. The number of H-pyrrole nitrogens is 1. The molecule has 0 radical (unpaired) electrons. The van der Waals surface area contributed by atoms with Gasteiger partial charge in [0, 0.05) is 11.6 Å². The minimum Gasteiger partial charge on any atom is -0.237 e. The Morgan fingerprint density at radius 2 is 1.71 bits per heavy atom. The molecule has 3 aromatic rings. The molecule has 0 aliphatic carbocycles. The van der Waals surface area contributed by atoms with Crippen molar-refractivity contribution in [2.45, 2.75) is 13.8 Å². The summed E-state index contributed by atoms with van der Waals surface area (Å²) in [7, 11) is 0. The van der Waals surface area contributed by atoms with Gasteiger partial charge in [0.25, 0.3) is 5.65 Å². The molecule has 0 spiro atoms. The minimum atomic E-state index is 1.13. The summed E-state index contributed by atoms with van der Waals surface area (Å²) < 4.78 is 2.11. The van der Waals surface area contributed by atoms with Gasteiger partial charge in [0.2, 0.25) is 0 Å². The Morgan fingerprint density at radius 1 is 0.941 bits per heavy atom. The van der Waals surface area contributed by atoms with Crippen LogP contribution in [0.5, 0.6) is 0 Å². The highest BCUT2D eigenvalue weighted by molar-refractivity contribution is 5.60. The Balaban J connectivity index is 2.14. The lowest BCUT2D eigenvalue weighted by atomic mass is 10.1. The molecule has 2 heteroatoms.